The Morgan fingerprint density at radius 1 is 0.966 bits per heavy atom. The number of hydrogen-bond donors (Lipinski definition) is 2. The lowest BCUT2D eigenvalue weighted by molar-refractivity contribution is -0.274. The molecule has 3 N–H and O–H groups in total. The normalized spacial score (nSPS) is 12.5. The van der Waals surface area contributed by atoms with E-state index in [1.54, 1.807) is 6.07 Å². The average Bonchev–Trinajstić information content (AvgIpc) is 2.98. The molecule has 3 aromatic rings. The molecule has 3 rings (SSSR count). The van der Waals surface area contributed by atoms with E-state index in [4.69, 9.17) is 5.73 Å². The molecule has 0 amide bonds. The number of alkyl halides is 3. The maximum Gasteiger partial charge on any atom is 0.573 e. The summed E-state index contributed by atoms with van der Waals surface area (Å²) in [7, 11) is 0. The molecule has 1 heterocycles. The first kappa shape index (κ1) is 21.2. The number of nitrogens with one attached hydrogen (secondary N) is 1. The van der Waals surface area contributed by atoms with Gasteiger partial charge in [0.2, 0.25) is 0 Å². The summed E-state index contributed by atoms with van der Waals surface area (Å²) in [6, 6.07) is 12.8. The molecule has 2 aromatic carbocycles. The molecule has 3 nitrogen and oxygen atoms in total. The number of ether oxygens (including phenoxy) is 1. The number of fused-ring (bicyclic) bond motifs is 1. The third kappa shape index (κ3) is 5.12. The van der Waals surface area contributed by atoms with Crippen molar-refractivity contribution in [2.75, 3.05) is 6.54 Å². The maximum absolute atomic E-state index is 12.7. The van der Waals surface area contributed by atoms with Gasteiger partial charge in [-0.25, -0.2) is 0 Å². The highest BCUT2D eigenvalue weighted by atomic mass is 19.4. The van der Waals surface area contributed by atoms with Gasteiger partial charge in [-0.1, -0.05) is 45.0 Å². The Morgan fingerprint density at radius 2 is 1.66 bits per heavy atom. The van der Waals surface area contributed by atoms with Crippen molar-refractivity contribution in [1.82, 2.24) is 4.98 Å². The summed E-state index contributed by atoms with van der Waals surface area (Å²) in [6.07, 6.45) is -2.27. The van der Waals surface area contributed by atoms with E-state index in [1.165, 1.54) is 17.7 Å². The fourth-order valence-corrected chi connectivity index (χ4v) is 3.51. The SMILES string of the molecule is CC(C)(C)c1ccc(-c2[nH]c3ccc(OC(F)(F)F)cc3c2CCCCN)cc1. The van der Waals surface area contributed by atoms with Gasteiger partial charge < -0.3 is 15.5 Å². The number of H-pyrrole nitrogens is 1. The molecule has 0 fully saturated rings. The zero-order valence-corrected chi connectivity index (χ0v) is 17.0. The number of hydrogen-bond acceptors (Lipinski definition) is 2. The Hall–Kier alpha value is -2.47. The second kappa shape index (κ2) is 8.11. The number of aryl methyl sites for hydroxylation is 1. The third-order valence-electron chi connectivity index (χ3n) is 5.03. The molecule has 0 unspecified atom stereocenters. The monoisotopic (exact) mass is 404 g/mol. The van der Waals surface area contributed by atoms with E-state index < -0.39 is 6.36 Å². The fraction of sp³-hybridized carbons (Fsp3) is 0.391. The van der Waals surface area contributed by atoms with Crippen LogP contribution in [-0.4, -0.2) is 17.9 Å². The van der Waals surface area contributed by atoms with Crippen LogP contribution in [0.3, 0.4) is 0 Å². The third-order valence-corrected chi connectivity index (χ3v) is 5.03. The minimum atomic E-state index is -4.71. The predicted octanol–water partition coefficient (Wildman–Crippen LogP) is 6.31. The molecule has 1 aromatic heterocycles. The minimum absolute atomic E-state index is 0.0484. The Kier molecular flexibility index (Phi) is 5.94. The lowest BCUT2D eigenvalue weighted by Crippen LogP contribution is -2.16. The Balaban J connectivity index is 2.06. The second-order valence-corrected chi connectivity index (χ2v) is 8.31. The smallest absolute Gasteiger partial charge is 0.406 e. The van der Waals surface area contributed by atoms with Crippen LogP contribution in [0.15, 0.2) is 42.5 Å². The lowest BCUT2D eigenvalue weighted by Gasteiger charge is -2.19. The molecule has 0 aliphatic heterocycles. The van der Waals surface area contributed by atoms with E-state index in [0.717, 1.165) is 47.0 Å². The minimum Gasteiger partial charge on any atom is -0.406 e. The van der Waals surface area contributed by atoms with Gasteiger partial charge in [-0.15, -0.1) is 13.2 Å². The second-order valence-electron chi connectivity index (χ2n) is 8.31. The van der Waals surface area contributed by atoms with Gasteiger partial charge in [0.1, 0.15) is 5.75 Å². The molecule has 0 saturated heterocycles. The van der Waals surface area contributed by atoms with Gasteiger partial charge in [-0.3, -0.25) is 0 Å². The van der Waals surface area contributed by atoms with E-state index in [-0.39, 0.29) is 11.2 Å². The van der Waals surface area contributed by atoms with E-state index in [0.29, 0.717) is 6.54 Å². The average molecular weight is 404 g/mol. The van der Waals surface area contributed by atoms with Crippen LogP contribution in [0, 0.1) is 0 Å². The topological polar surface area (TPSA) is 51.0 Å². The van der Waals surface area contributed by atoms with Crippen molar-refractivity contribution in [1.29, 1.82) is 0 Å². The van der Waals surface area contributed by atoms with Crippen molar-refractivity contribution >= 4 is 10.9 Å². The number of aromatic amines is 1. The molecule has 0 saturated carbocycles. The maximum atomic E-state index is 12.7. The summed E-state index contributed by atoms with van der Waals surface area (Å²) in [5, 5.41) is 0.749. The fourth-order valence-electron chi connectivity index (χ4n) is 3.51. The summed E-state index contributed by atoms with van der Waals surface area (Å²) in [4.78, 5) is 3.39. The highest BCUT2D eigenvalue weighted by Gasteiger charge is 2.31. The van der Waals surface area contributed by atoms with Crippen LogP contribution in [0.5, 0.6) is 5.75 Å². The Morgan fingerprint density at radius 3 is 2.24 bits per heavy atom. The highest BCUT2D eigenvalue weighted by Crippen LogP contribution is 2.35. The number of halogens is 3. The van der Waals surface area contributed by atoms with Crippen molar-refractivity contribution in [2.45, 2.75) is 51.8 Å². The zero-order chi connectivity index (χ0) is 21.2. The quantitative estimate of drug-likeness (QED) is 0.473. The van der Waals surface area contributed by atoms with Crippen molar-refractivity contribution in [3.8, 4) is 17.0 Å². The number of unbranched alkanes of at least 4 members (excludes halogenated alkanes) is 1. The van der Waals surface area contributed by atoms with Crippen molar-refractivity contribution in [2.24, 2.45) is 5.73 Å². The molecule has 29 heavy (non-hydrogen) atoms. The molecule has 0 bridgehead atoms. The van der Waals surface area contributed by atoms with Crippen molar-refractivity contribution in [3.63, 3.8) is 0 Å². The molecular weight excluding hydrogens is 377 g/mol. The van der Waals surface area contributed by atoms with Gasteiger partial charge in [0, 0.05) is 16.6 Å². The van der Waals surface area contributed by atoms with Crippen LogP contribution in [0.25, 0.3) is 22.2 Å². The summed E-state index contributed by atoms with van der Waals surface area (Å²) in [5.41, 5.74) is 10.6. The Labute approximate surface area is 169 Å². The van der Waals surface area contributed by atoms with Crippen LogP contribution in [0.1, 0.15) is 44.7 Å². The van der Waals surface area contributed by atoms with Gasteiger partial charge >= 0.3 is 6.36 Å². The summed E-state index contributed by atoms with van der Waals surface area (Å²) >= 11 is 0. The van der Waals surface area contributed by atoms with Crippen LogP contribution in [-0.2, 0) is 11.8 Å². The number of benzene rings is 2. The van der Waals surface area contributed by atoms with E-state index in [9.17, 15) is 13.2 Å². The van der Waals surface area contributed by atoms with Gasteiger partial charge in [0.05, 0.1) is 0 Å². The number of aromatic nitrogens is 1. The summed E-state index contributed by atoms with van der Waals surface area (Å²) < 4.78 is 42.1. The summed E-state index contributed by atoms with van der Waals surface area (Å²) in [5.74, 6) is -0.210. The van der Waals surface area contributed by atoms with Crippen LogP contribution < -0.4 is 10.5 Å². The van der Waals surface area contributed by atoms with Gasteiger partial charge in [-0.2, -0.15) is 0 Å². The first-order chi connectivity index (χ1) is 13.6. The largest absolute Gasteiger partial charge is 0.573 e. The molecule has 6 heteroatoms. The molecule has 0 spiro atoms. The Bertz CT molecular complexity index is 967. The molecule has 0 radical (unpaired) electrons. The van der Waals surface area contributed by atoms with Gasteiger partial charge in [0.25, 0.3) is 0 Å². The lowest BCUT2D eigenvalue weighted by atomic mass is 9.86. The zero-order valence-electron chi connectivity index (χ0n) is 17.0. The first-order valence-corrected chi connectivity index (χ1v) is 9.80. The predicted molar refractivity (Wildman–Crippen MR) is 111 cm³/mol. The van der Waals surface area contributed by atoms with Crippen molar-refractivity contribution < 1.29 is 17.9 Å². The summed E-state index contributed by atoms with van der Waals surface area (Å²) in [6.45, 7) is 7.06. The van der Waals surface area contributed by atoms with Crippen molar-refractivity contribution in [3.05, 3.63) is 53.6 Å². The van der Waals surface area contributed by atoms with E-state index >= 15 is 0 Å². The first-order valence-electron chi connectivity index (χ1n) is 9.80. The molecular formula is C23H27F3N2O. The number of nitrogens with two attached hydrogens (primary N) is 1. The number of rotatable bonds is 6. The van der Waals surface area contributed by atoms with E-state index in [2.05, 4.69) is 54.8 Å². The molecule has 156 valence electrons. The van der Waals surface area contributed by atoms with Gasteiger partial charge in [-0.05, 0) is 66.1 Å². The molecule has 0 aliphatic carbocycles. The standard InChI is InChI=1S/C23H27F3N2O/c1-22(2,3)16-9-7-15(8-10-16)21-18(6-4-5-13-27)19-14-17(29-23(24,25)26)11-12-20(19)28-21/h7-12,14,28H,4-6,13,27H2,1-3H3. The highest BCUT2D eigenvalue weighted by molar-refractivity contribution is 5.91. The van der Waals surface area contributed by atoms with Gasteiger partial charge in [0.15, 0.2) is 0 Å². The van der Waals surface area contributed by atoms with Crippen LogP contribution in [0.2, 0.25) is 0 Å². The van der Waals surface area contributed by atoms with Crippen LogP contribution >= 0.6 is 0 Å². The molecule has 0 aliphatic rings. The molecule has 0 atom stereocenters. The van der Waals surface area contributed by atoms with E-state index in [1.807, 2.05) is 0 Å². The van der Waals surface area contributed by atoms with Crippen LogP contribution in [0.4, 0.5) is 13.2 Å².